The molecule has 2 heterocycles. The molecule has 0 aliphatic carbocycles. The highest BCUT2D eigenvalue weighted by Gasteiger charge is 2.39. The van der Waals surface area contributed by atoms with E-state index in [0.717, 1.165) is 0 Å². The van der Waals surface area contributed by atoms with Crippen LogP contribution in [0.15, 0.2) is 12.7 Å². The summed E-state index contributed by atoms with van der Waals surface area (Å²) in [4.78, 5) is 25.6. The zero-order chi connectivity index (χ0) is 13.3. The normalized spacial score (nSPS) is 20.3. The predicted octanol–water partition coefficient (Wildman–Crippen LogP) is -0.00480. The minimum absolute atomic E-state index is 0.0198. The second-order valence-corrected chi connectivity index (χ2v) is 5.42. The topological polar surface area (TPSA) is 80.1 Å². The average Bonchev–Trinajstić information content (AvgIpc) is 2.85. The minimum Gasteiger partial charge on any atom is -0.337 e. The summed E-state index contributed by atoms with van der Waals surface area (Å²) in [6.45, 7) is 6.34. The Morgan fingerprint density at radius 2 is 2.00 bits per heavy atom. The van der Waals surface area contributed by atoms with E-state index in [-0.39, 0.29) is 29.7 Å². The van der Waals surface area contributed by atoms with E-state index in [1.807, 2.05) is 20.8 Å². The first-order valence-corrected chi connectivity index (χ1v) is 5.84. The summed E-state index contributed by atoms with van der Waals surface area (Å²) in [6.07, 6.45) is 3.05. The van der Waals surface area contributed by atoms with Crippen molar-refractivity contribution in [2.24, 2.45) is 5.92 Å². The molecule has 98 valence electrons. The highest BCUT2D eigenvalue weighted by molar-refractivity contribution is 5.93. The Morgan fingerprint density at radius 1 is 1.39 bits per heavy atom. The van der Waals surface area contributed by atoms with Crippen LogP contribution in [-0.2, 0) is 9.59 Å². The Labute approximate surface area is 105 Å². The molecule has 1 aromatic rings. The van der Waals surface area contributed by atoms with Crippen LogP contribution in [0.5, 0.6) is 0 Å². The second kappa shape index (κ2) is 4.40. The maximum atomic E-state index is 12.0. The molecule has 1 aliphatic rings. The van der Waals surface area contributed by atoms with Gasteiger partial charge in [-0.1, -0.05) is 0 Å². The van der Waals surface area contributed by atoms with Crippen molar-refractivity contribution in [1.29, 1.82) is 0 Å². The van der Waals surface area contributed by atoms with Crippen molar-refractivity contribution in [2.75, 3.05) is 12.0 Å². The molecule has 1 aromatic heterocycles. The van der Waals surface area contributed by atoms with Crippen molar-refractivity contribution in [3.63, 3.8) is 0 Å². The maximum Gasteiger partial charge on any atom is 0.244 e. The lowest BCUT2D eigenvalue weighted by atomic mass is 10.1. The van der Waals surface area contributed by atoms with Gasteiger partial charge in [0.25, 0.3) is 0 Å². The average molecular weight is 251 g/mol. The number of carbonyl (C=O) groups is 2. The fourth-order valence-corrected chi connectivity index (χ4v) is 2.01. The van der Waals surface area contributed by atoms with Crippen LogP contribution in [0.25, 0.3) is 0 Å². The summed E-state index contributed by atoms with van der Waals surface area (Å²) in [6, 6.07) is 0. The first-order chi connectivity index (χ1) is 8.38. The first kappa shape index (κ1) is 12.5. The Hall–Kier alpha value is -1.92. The standard InChI is InChI=1S/C11H17N5O2/c1-11(2,3)16-5-8(4-9(16)17)10(18)14-15-6-12-13-7-15/h6-8H,4-5H2,1-3H3,(H,14,18). The third-order valence-electron chi connectivity index (χ3n) is 2.96. The van der Waals surface area contributed by atoms with Crippen LogP contribution >= 0.6 is 0 Å². The molecular formula is C11H17N5O2. The minimum atomic E-state index is -0.320. The summed E-state index contributed by atoms with van der Waals surface area (Å²) in [5.74, 6) is -0.486. The molecule has 0 bridgehead atoms. The molecule has 1 saturated heterocycles. The Balaban J connectivity index is 2.00. The molecule has 2 rings (SSSR count). The van der Waals surface area contributed by atoms with Gasteiger partial charge in [0.1, 0.15) is 12.7 Å². The summed E-state index contributed by atoms with van der Waals surface area (Å²) in [5.41, 5.74) is 2.38. The third kappa shape index (κ3) is 2.49. The molecule has 1 aliphatic heterocycles. The number of amides is 2. The second-order valence-electron chi connectivity index (χ2n) is 5.42. The summed E-state index contributed by atoms with van der Waals surface area (Å²) in [7, 11) is 0. The molecule has 1 unspecified atom stereocenters. The van der Waals surface area contributed by atoms with Crippen LogP contribution in [0.4, 0.5) is 0 Å². The fourth-order valence-electron chi connectivity index (χ4n) is 2.01. The lowest BCUT2D eigenvalue weighted by Gasteiger charge is -2.31. The van der Waals surface area contributed by atoms with E-state index in [9.17, 15) is 9.59 Å². The molecule has 1 atom stereocenters. The molecule has 7 nitrogen and oxygen atoms in total. The Morgan fingerprint density at radius 3 is 2.50 bits per heavy atom. The van der Waals surface area contributed by atoms with Crippen molar-refractivity contribution < 1.29 is 9.59 Å². The lowest BCUT2D eigenvalue weighted by Crippen LogP contribution is -2.43. The van der Waals surface area contributed by atoms with Crippen LogP contribution in [0.3, 0.4) is 0 Å². The van der Waals surface area contributed by atoms with E-state index < -0.39 is 0 Å². The molecule has 2 amide bonds. The van der Waals surface area contributed by atoms with Gasteiger partial charge >= 0.3 is 0 Å². The summed E-state index contributed by atoms with van der Waals surface area (Å²) >= 11 is 0. The van der Waals surface area contributed by atoms with E-state index in [2.05, 4.69) is 15.6 Å². The van der Waals surface area contributed by atoms with Crippen LogP contribution in [0.1, 0.15) is 27.2 Å². The van der Waals surface area contributed by atoms with Crippen LogP contribution < -0.4 is 5.43 Å². The number of carbonyl (C=O) groups excluding carboxylic acids is 2. The van der Waals surface area contributed by atoms with Gasteiger partial charge in [0.15, 0.2) is 0 Å². The van der Waals surface area contributed by atoms with Gasteiger partial charge in [-0.25, -0.2) is 4.68 Å². The Bertz CT molecular complexity index is 448. The monoisotopic (exact) mass is 251 g/mol. The van der Waals surface area contributed by atoms with E-state index in [1.165, 1.54) is 17.3 Å². The number of nitrogens with zero attached hydrogens (tertiary/aromatic N) is 4. The van der Waals surface area contributed by atoms with Crippen molar-refractivity contribution in [2.45, 2.75) is 32.7 Å². The van der Waals surface area contributed by atoms with E-state index in [4.69, 9.17) is 0 Å². The highest BCUT2D eigenvalue weighted by Crippen LogP contribution is 2.25. The maximum absolute atomic E-state index is 12.0. The molecule has 0 radical (unpaired) electrons. The van der Waals surface area contributed by atoms with E-state index in [1.54, 1.807) is 4.90 Å². The predicted molar refractivity (Wildman–Crippen MR) is 64.0 cm³/mol. The molecule has 0 spiro atoms. The smallest absolute Gasteiger partial charge is 0.244 e. The number of aromatic nitrogens is 3. The fraction of sp³-hybridized carbons (Fsp3) is 0.636. The highest BCUT2D eigenvalue weighted by atomic mass is 16.2. The quantitative estimate of drug-likeness (QED) is 0.802. The first-order valence-electron chi connectivity index (χ1n) is 5.84. The van der Waals surface area contributed by atoms with Gasteiger partial charge in [-0.2, -0.15) is 0 Å². The van der Waals surface area contributed by atoms with Crippen LogP contribution in [0, 0.1) is 5.92 Å². The van der Waals surface area contributed by atoms with Gasteiger partial charge in [0.05, 0.1) is 5.92 Å². The van der Waals surface area contributed by atoms with Gasteiger partial charge < -0.3 is 4.90 Å². The number of hydrogen-bond acceptors (Lipinski definition) is 4. The lowest BCUT2D eigenvalue weighted by molar-refractivity contribution is -0.131. The summed E-state index contributed by atoms with van der Waals surface area (Å²) in [5, 5.41) is 7.18. The molecule has 0 saturated carbocycles. The van der Waals surface area contributed by atoms with Crippen molar-refractivity contribution in [3.05, 3.63) is 12.7 Å². The third-order valence-corrected chi connectivity index (χ3v) is 2.96. The van der Waals surface area contributed by atoms with Gasteiger partial charge in [-0.3, -0.25) is 15.0 Å². The Kier molecular flexibility index (Phi) is 3.06. The number of rotatable bonds is 2. The number of likely N-dealkylation sites (tertiary alicyclic amines) is 1. The van der Waals surface area contributed by atoms with Crippen molar-refractivity contribution >= 4 is 11.8 Å². The number of hydrogen-bond donors (Lipinski definition) is 1. The molecular weight excluding hydrogens is 234 g/mol. The molecule has 1 fully saturated rings. The van der Waals surface area contributed by atoms with Gasteiger partial charge in [0.2, 0.25) is 11.8 Å². The zero-order valence-corrected chi connectivity index (χ0v) is 10.8. The van der Waals surface area contributed by atoms with Gasteiger partial charge in [-0.15, -0.1) is 10.2 Å². The van der Waals surface area contributed by atoms with Crippen LogP contribution in [0.2, 0.25) is 0 Å². The molecule has 1 N–H and O–H groups in total. The number of nitrogens with one attached hydrogen (secondary N) is 1. The largest absolute Gasteiger partial charge is 0.337 e. The zero-order valence-electron chi connectivity index (χ0n) is 10.8. The molecule has 7 heteroatoms. The van der Waals surface area contributed by atoms with Gasteiger partial charge in [0, 0.05) is 18.5 Å². The molecule has 0 aromatic carbocycles. The SMILES string of the molecule is CC(C)(C)N1CC(C(=O)Nn2cnnc2)CC1=O. The van der Waals surface area contributed by atoms with E-state index in [0.29, 0.717) is 6.54 Å². The van der Waals surface area contributed by atoms with Crippen molar-refractivity contribution in [3.8, 4) is 0 Å². The van der Waals surface area contributed by atoms with Crippen molar-refractivity contribution in [1.82, 2.24) is 19.8 Å². The summed E-state index contributed by atoms with van der Waals surface area (Å²) < 4.78 is 1.38. The van der Waals surface area contributed by atoms with Crippen LogP contribution in [-0.4, -0.2) is 43.7 Å². The van der Waals surface area contributed by atoms with E-state index >= 15 is 0 Å². The van der Waals surface area contributed by atoms with Gasteiger partial charge in [-0.05, 0) is 20.8 Å². The molecule has 18 heavy (non-hydrogen) atoms.